The fourth-order valence-corrected chi connectivity index (χ4v) is 1.78. The molecule has 0 unspecified atom stereocenters. The number of rotatable bonds is 6. The highest BCUT2D eigenvalue weighted by molar-refractivity contribution is 7.87. The normalized spacial score (nSPS) is 13.4. The van der Waals surface area contributed by atoms with Crippen molar-refractivity contribution in [2.45, 2.75) is 26.4 Å². The van der Waals surface area contributed by atoms with Gasteiger partial charge in [0.2, 0.25) is 0 Å². The summed E-state index contributed by atoms with van der Waals surface area (Å²) in [4.78, 5) is 0. The van der Waals surface area contributed by atoms with Crippen LogP contribution in [0.15, 0.2) is 24.3 Å². The first-order chi connectivity index (χ1) is 7.90. The molecule has 0 bridgehead atoms. The van der Waals surface area contributed by atoms with Gasteiger partial charge in [0, 0.05) is 6.54 Å². The zero-order valence-corrected chi connectivity index (χ0v) is 10.8. The van der Waals surface area contributed by atoms with Gasteiger partial charge in [0.15, 0.2) is 0 Å². The van der Waals surface area contributed by atoms with E-state index in [1.165, 1.54) is 0 Å². The average Bonchev–Trinajstić information content (AvgIpc) is 2.23. The van der Waals surface area contributed by atoms with Gasteiger partial charge in [-0.25, -0.2) is 5.14 Å². The molecule has 0 aromatic heterocycles. The first kappa shape index (κ1) is 14.0. The van der Waals surface area contributed by atoms with Crippen molar-refractivity contribution in [3.8, 4) is 5.75 Å². The standard InChI is InChI=1S/C11H18N2O3S/c1-3-10(8-13-17(12,14)15)16-11-6-4-5-9(2)7-11/h4-7,10,13H,3,8H2,1-2H3,(H2,12,14,15)/t10-/m0/s1. The van der Waals surface area contributed by atoms with Crippen LogP contribution in [0, 0.1) is 6.92 Å². The molecule has 0 fully saturated rings. The number of ether oxygens (including phenoxy) is 1. The second-order valence-electron chi connectivity index (χ2n) is 3.86. The van der Waals surface area contributed by atoms with E-state index in [2.05, 4.69) is 4.72 Å². The molecule has 0 saturated heterocycles. The van der Waals surface area contributed by atoms with E-state index in [0.29, 0.717) is 6.42 Å². The summed E-state index contributed by atoms with van der Waals surface area (Å²) in [6.07, 6.45) is 0.464. The quantitative estimate of drug-likeness (QED) is 0.797. The van der Waals surface area contributed by atoms with Crippen molar-refractivity contribution in [1.29, 1.82) is 0 Å². The Kier molecular flexibility index (Phi) is 4.92. The van der Waals surface area contributed by atoms with E-state index in [4.69, 9.17) is 9.88 Å². The minimum absolute atomic E-state index is 0.170. The zero-order chi connectivity index (χ0) is 12.9. The lowest BCUT2D eigenvalue weighted by molar-refractivity contribution is 0.200. The number of nitrogens with two attached hydrogens (primary N) is 1. The van der Waals surface area contributed by atoms with E-state index < -0.39 is 10.2 Å². The van der Waals surface area contributed by atoms with Gasteiger partial charge in [0.1, 0.15) is 11.9 Å². The molecule has 0 aliphatic rings. The summed E-state index contributed by atoms with van der Waals surface area (Å²) in [5.74, 6) is 0.730. The molecule has 0 amide bonds. The Bertz CT molecular complexity index is 460. The molecular weight excluding hydrogens is 240 g/mol. The van der Waals surface area contributed by atoms with E-state index in [1.54, 1.807) is 0 Å². The van der Waals surface area contributed by atoms with Crippen LogP contribution in [-0.2, 0) is 10.2 Å². The number of nitrogens with one attached hydrogen (secondary N) is 1. The molecule has 1 aromatic carbocycles. The monoisotopic (exact) mass is 258 g/mol. The maximum absolute atomic E-state index is 10.8. The zero-order valence-electron chi connectivity index (χ0n) is 10.0. The highest BCUT2D eigenvalue weighted by Gasteiger charge is 2.11. The Morgan fingerprint density at radius 2 is 2.18 bits per heavy atom. The van der Waals surface area contributed by atoms with Gasteiger partial charge < -0.3 is 4.74 Å². The Morgan fingerprint density at radius 1 is 1.47 bits per heavy atom. The van der Waals surface area contributed by atoms with Gasteiger partial charge in [-0.15, -0.1) is 0 Å². The first-order valence-corrected chi connectivity index (χ1v) is 6.96. The third-order valence-electron chi connectivity index (χ3n) is 2.26. The number of hydrogen-bond acceptors (Lipinski definition) is 3. The van der Waals surface area contributed by atoms with Crippen LogP contribution >= 0.6 is 0 Å². The minimum atomic E-state index is -3.66. The molecule has 5 nitrogen and oxygen atoms in total. The van der Waals surface area contributed by atoms with Gasteiger partial charge in [-0.05, 0) is 31.0 Å². The summed E-state index contributed by atoms with van der Waals surface area (Å²) in [6.45, 7) is 4.06. The predicted molar refractivity (Wildman–Crippen MR) is 67.0 cm³/mol. The largest absolute Gasteiger partial charge is 0.489 e. The maximum atomic E-state index is 10.8. The van der Waals surface area contributed by atoms with E-state index in [9.17, 15) is 8.42 Å². The lowest BCUT2D eigenvalue weighted by Gasteiger charge is -2.17. The van der Waals surface area contributed by atoms with Crippen LogP contribution in [0.25, 0.3) is 0 Å². The number of benzene rings is 1. The van der Waals surface area contributed by atoms with E-state index in [1.807, 2.05) is 38.1 Å². The van der Waals surface area contributed by atoms with Crippen molar-refractivity contribution in [1.82, 2.24) is 4.72 Å². The number of hydrogen-bond donors (Lipinski definition) is 2. The van der Waals surface area contributed by atoms with Crippen LogP contribution in [0.4, 0.5) is 0 Å². The van der Waals surface area contributed by atoms with Crippen molar-refractivity contribution in [2.24, 2.45) is 5.14 Å². The third kappa shape index (κ3) is 5.67. The molecule has 1 atom stereocenters. The predicted octanol–water partition coefficient (Wildman–Crippen LogP) is 0.946. The van der Waals surface area contributed by atoms with Gasteiger partial charge in [0.25, 0.3) is 10.2 Å². The van der Waals surface area contributed by atoms with Crippen molar-refractivity contribution in [2.75, 3.05) is 6.54 Å². The molecule has 0 saturated carbocycles. The molecule has 3 N–H and O–H groups in total. The molecule has 6 heteroatoms. The molecule has 0 spiro atoms. The highest BCUT2D eigenvalue weighted by Crippen LogP contribution is 2.15. The van der Waals surface area contributed by atoms with Crippen LogP contribution in [0.3, 0.4) is 0 Å². The van der Waals surface area contributed by atoms with Crippen LogP contribution < -0.4 is 14.6 Å². The molecule has 0 radical (unpaired) electrons. The van der Waals surface area contributed by atoms with Gasteiger partial charge >= 0.3 is 0 Å². The van der Waals surface area contributed by atoms with Crippen molar-refractivity contribution in [3.05, 3.63) is 29.8 Å². The third-order valence-corrected chi connectivity index (χ3v) is 2.83. The molecule has 96 valence electrons. The van der Waals surface area contributed by atoms with Crippen LogP contribution in [-0.4, -0.2) is 21.1 Å². The van der Waals surface area contributed by atoms with Crippen molar-refractivity contribution < 1.29 is 13.2 Å². The second-order valence-corrected chi connectivity index (χ2v) is 5.24. The van der Waals surface area contributed by atoms with E-state index in [-0.39, 0.29) is 12.6 Å². The fraction of sp³-hybridized carbons (Fsp3) is 0.455. The SMILES string of the molecule is CC[C@@H](CNS(N)(=O)=O)Oc1cccc(C)c1. The molecule has 0 heterocycles. The van der Waals surface area contributed by atoms with E-state index in [0.717, 1.165) is 11.3 Å². The molecule has 17 heavy (non-hydrogen) atoms. The molecule has 0 aliphatic carbocycles. The highest BCUT2D eigenvalue weighted by atomic mass is 32.2. The lowest BCUT2D eigenvalue weighted by atomic mass is 10.2. The maximum Gasteiger partial charge on any atom is 0.274 e. The minimum Gasteiger partial charge on any atom is -0.489 e. The molecule has 0 aliphatic heterocycles. The van der Waals surface area contributed by atoms with Crippen molar-refractivity contribution >= 4 is 10.2 Å². The summed E-state index contributed by atoms with van der Waals surface area (Å²) in [5.41, 5.74) is 1.09. The Hall–Kier alpha value is -1.11. The number of aryl methyl sites for hydroxylation is 1. The summed E-state index contributed by atoms with van der Waals surface area (Å²) >= 11 is 0. The second kappa shape index (κ2) is 6.00. The first-order valence-electron chi connectivity index (χ1n) is 5.41. The van der Waals surface area contributed by atoms with Crippen molar-refractivity contribution in [3.63, 3.8) is 0 Å². The molecular formula is C11H18N2O3S. The van der Waals surface area contributed by atoms with Gasteiger partial charge in [0.05, 0.1) is 0 Å². The smallest absolute Gasteiger partial charge is 0.274 e. The Balaban J connectivity index is 2.58. The lowest BCUT2D eigenvalue weighted by Crippen LogP contribution is -2.38. The van der Waals surface area contributed by atoms with Gasteiger partial charge in [-0.3, -0.25) is 0 Å². The van der Waals surface area contributed by atoms with Crippen LogP contribution in [0.5, 0.6) is 5.75 Å². The fourth-order valence-electron chi connectivity index (χ4n) is 1.36. The van der Waals surface area contributed by atoms with Gasteiger partial charge in [-0.2, -0.15) is 13.1 Å². The van der Waals surface area contributed by atoms with Crippen LogP contribution in [0.2, 0.25) is 0 Å². The topological polar surface area (TPSA) is 81.4 Å². The molecule has 1 aromatic rings. The summed E-state index contributed by atoms with van der Waals surface area (Å²) in [7, 11) is -3.66. The molecule has 1 rings (SSSR count). The Morgan fingerprint density at radius 3 is 2.71 bits per heavy atom. The van der Waals surface area contributed by atoms with Gasteiger partial charge in [-0.1, -0.05) is 19.1 Å². The summed E-state index contributed by atoms with van der Waals surface area (Å²) in [5, 5.41) is 4.86. The summed E-state index contributed by atoms with van der Waals surface area (Å²) < 4.78 is 29.4. The van der Waals surface area contributed by atoms with Crippen LogP contribution in [0.1, 0.15) is 18.9 Å². The Labute approximate surface area is 102 Å². The summed E-state index contributed by atoms with van der Waals surface area (Å²) in [6, 6.07) is 7.60. The average molecular weight is 258 g/mol. The van der Waals surface area contributed by atoms with E-state index >= 15 is 0 Å².